The summed E-state index contributed by atoms with van der Waals surface area (Å²) in [5.74, 6) is -0.582. The van der Waals surface area contributed by atoms with Gasteiger partial charge >= 0.3 is 5.97 Å². The predicted octanol–water partition coefficient (Wildman–Crippen LogP) is 3.59. The van der Waals surface area contributed by atoms with Crippen LogP contribution in [-0.4, -0.2) is 26.5 Å². The molecule has 1 aromatic carbocycles. The summed E-state index contributed by atoms with van der Waals surface area (Å²) in [7, 11) is 0. The Bertz CT molecular complexity index is 1090. The highest BCUT2D eigenvalue weighted by Gasteiger charge is 2.12. The van der Waals surface area contributed by atoms with Crippen LogP contribution in [0.4, 0.5) is 5.69 Å². The van der Waals surface area contributed by atoms with Gasteiger partial charge in [0.25, 0.3) is 5.56 Å². The SMILES string of the molecule is CCCCC(=O)Nc1ccc(C(=O)OCc2cc(=O)n3nc(CCC)sc3n2)cc1. The van der Waals surface area contributed by atoms with Crippen molar-refractivity contribution in [3.8, 4) is 0 Å². The van der Waals surface area contributed by atoms with Gasteiger partial charge in [-0.2, -0.15) is 9.61 Å². The normalized spacial score (nSPS) is 10.9. The number of unbranched alkanes of at least 4 members (excludes halogenated alkanes) is 1. The first-order valence-electron chi connectivity index (χ1n) is 9.96. The third-order valence-electron chi connectivity index (χ3n) is 4.32. The van der Waals surface area contributed by atoms with E-state index < -0.39 is 5.97 Å². The Morgan fingerprint density at radius 1 is 1.17 bits per heavy atom. The minimum absolute atomic E-state index is 0.0508. The second-order valence-corrected chi connectivity index (χ2v) is 7.87. The molecule has 8 nitrogen and oxygen atoms in total. The van der Waals surface area contributed by atoms with Gasteiger partial charge in [-0.15, -0.1) is 0 Å². The van der Waals surface area contributed by atoms with Gasteiger partial charge in [0, 0.05) is 24.6 Å². The summed E-state index contributed by atoms with van der Waals surface area (Å²) < 4.78 is 6.57. The molecule has 0 bridgehead atoms. The molecule has 9 heteroatoms. The van der Waals surface area contributed by atoms with E-state index in [1.165, 1.54) is 21.9 Å². The highest BCUT2D eigenvalue weighted by Crippen LogP contribution is 2.15. The van der Waals surface area contributed by atoms with Gasteiger partial charge in [0.15, 0.2) is 0 Å². The molecular weight excluding hydrogens is 404 g/mol. The molecule has 0 atom stereocenters. The monoisotopic (exact) mass is 428 g/mol. The number of nitrogens with zero attached hydrogens (tertiary/aromatic N) is 3. The Morgan fingerprint density at radius 3 is 2.63 bits per heavy atom. The molecule has 2 heterocycles. The summed E-state index contributed by atoms with van der Waals surface area (Å²) >= 11 is 1.36. The van der Waals surface area contributed by atoms with Crippen LogP contribution in [0.5, 0.6) is 0 Å². The summed E-state index contributed by atoms with van der Waals surface area (Å²) in [6.07, 6.45) is 3.97. The van der Waals surface area contributed by atoms with E-state index in [2.05, 4.69) is 15.4 Å². The maximum atomic E-state index is 12.3. The first-order chi connectivity index (χ1) is 14.5. The lowest BCUT2D eigenvalue weighted by atomic mass is 10.2. The van der Waals surface area contributed by atoms with Gasteiger partial charge in [-0.3, -0.25) is 9.59 Å². The van der Waals surface area contributed by atoms with E-state index in [9.17, 15) is 14.4 Å². The van der Waals surface area contributed by atoms with Gasteiger partial charge in [0.05, 0.1) is 11.3 Å². The number of amides is 1. The molecule has 2 aromatic heterocycles. The van der Waals surface area contributed by atoms with E-state index in [-0.39, 0.29) is 18.1 Å². The quantitative estimate of drug-likeness (QED) is 0.523. The molecule has 0 aliphatic rings. The summed E-state index contributed by atoms with van der Waals surface area (Å²) in [5, 5.41) is 7.89. The Morgan fingerprint density at radius 2 is 1.93 bits per heavy atom. The number of hydrogen-bond donors (Lipinski definition) is 1. The number of hydrogen-bond acceptors (Lipinski definition) is 7. The molecule has 30 heavy (non-hydrogen) atoms. The highest BCUT2D eigenvalue weighted by atomic mass is 32.1. The molecule has 0 aliphatic carbocycles. The van der Waals surface area contributed by atoms with Gasteiger partial charge < -0.3 is 10.1 Å². The first kappa shape index (κ1) is 21.6. The molecule has 0 saturated heterocycles. The van der Waals surface area contributed by atoms with Crippen LogP contribution in [0.2, 0.25) is 0 Å². The number of carbonyl (C=O) groups excluding carboxylic acids is 2. The highest BCUT2D eigenvalue weighted by molar-refractivity contribution is 7.16. The van der Waals surface area contributed by atoms with Crippen molar-refractivity contribution in [2.75, 3.05) is 5.32 Å². The smallest absolute Gasteiger partial charge is 0.338 e. The lowest BCUT2D eigenvalue weighted by molar-refractivity contribution is -0.116. The molecule has 0 unspecified atom stereocenters. The van der Waals surface area contributed by atoms with Crippen LogP contribution in [0, 0.1) is 0 Å². The van der Waals surface area contributed by atoms with Crippen molar-refractivity contribution in [3.63, 3.8) is 0 Å². The molecule has 3 rings (SSSR count). The average Bonchev–Trinajstić information content (AvgIpc) is 3.14. The maximum Gasteiger partial charge on any atom is 0.338 e. The first-order valence-corrected chi connectivity index (χ1v) is 10.8. The number of esters is 1. The van der Waals surface area contributed by atoms with E-state index in [0.717, 1.165) is 30.7 Å². The lowest BCUT2D eigenvalue weighted by Gasteiger charge is -2.07. The van der Waals surface area contributed by atoms with Crippen molar-refractivity contribution in [2.24, 2.45) is 0 Å². The molecule has 1 N–H and O–H groups in total. The summed E-state index contributed by atoms with van der Waals surface area (Å²) in [6, 6.07) is 7.81. The van der Waals surface area contributed by atoms with Crippen LogP contribution >= 0.6 is 11.3 Å². The summed E-state index contributed by atoms with van der Waals surface area (Å²) in [5.41, 5.74) is 1.05. The van der Waals surface area contributed by atoms with Gasteiger partial charge in [-0.1, -0.05) is 31.6 Å². The third-order valence-corrected chi connectivity index (χ3v) is 5.28. The second kappa shape index (κ2) is 10.1. The zero-order valence-electron chi connectivity index (χ0n) is 17.0. The van der Waals surface area contributed by atoms with Crippen LogP contribution < -0.4 is 10.9 Å². The number of ether oxygens (including phenoxy) is 1. The number of fused-ring (bicyclic) bond motifs is 1. The van der Waals surface area contributed by atoms with E-state index in [1.807, 2.05) is 13.8 Å². The fourth-order valence-electron chi connectivity index (χ4n) is 2.76. The fourth-order valence-corrected chi connectivity index (χ4v) is 3.78. The van der Waals surface area contributed by atoms with E-state index >= 15 is 0 Å². The van der Waals surface area contributed by atoms with Crippen molar-refractivity contribution >= 4 is 33.9 Å². The molecular formula is C21H24N4O4S. The second-order valence-electron chi connectivity index (χ2n) is 6.83. The van der Waals surface area contributed by atoms with Crippen LogP contribution in [0.1, 0.15) is 60.6 Å². The minimum Gasteiger partial charge on any atom is -0.456 e. The van der Waals surface area contributed by atoms with Crippen LogP contribution in [0.15, 0.2) is 35.1 Å². The molecule has 0 aliphatic heterocycles. The van der Waals surface area contributed by atoms with Gasteiger partial charge in [0.2, 0.25) is 10.9 Å². The Hall–Kier alpha value is -3.07. The van der Waals surface area contributed by atoms with Crippen molar-refractivity contribution < 1.29 is 14.3 Å². The number of carbonyl (C=O) groups is 2. The molecule has 0 saturated carbocycles. The van der Waals surface area contributed by atoms with Gasteiger partial charge in [-0.05, 0) is 37.1 Å². The van der Waals surface area contributed by atoms with Crippen molar-refractivity contribution in [1.29, 1.82) is 0 Å². The van der Waals surface area contributed by atoms with Crippen LogP contribution in [-0.2, 0) is 22.6 Å². The Kier molecular flexibility index (Phi) is 7.29. The van der Waals surface area contributed by atoms with Crippen molar-refractivity contribution in [1.82, 2.24) is 14.6 Å². The molecule has 158 valence electrons. The molecule has 3 aromatic rings. The van der Waals surface area contributed by atoms with Gasteiger partial charge in [-0.25, -0.2) is 9.78 Å². The van der Waals surface area contributed by atoms with Crippen molar-refractivity contribution in [3.05, 3.63) is 57.0 Å². The van der Waals surface area contributed by atoms with E-state index in [4.69, 9.17) is 4.74 Å². The zero-order chi connectivity index (χ0) is 21.5. The summed E-state index contributed by atoms with van der Waals surface area (Å²) in [4.78, 5) is 41.1. The number of nitrogens with one attached hydrogen (secondary N) is 1. The Balaban J connectivity index is 1.61. The number of rotatable bonds is 9. The van der Waals surface area contributed by atoms with E-state index in [0.29, 0.717) is 28.3 Å². The number of aromatic nitrogens is 3. The predicted molar refractivity (Wildman–Crippen MR) is 115 cm³/mol. The molecule has 0 spiro atoms. The van der Waals surface area contributed by atoms with E-state index in [1.54, 1.807) is 24.3 Å². The third kappa shape index (κ3) is 5.50. The molecule has 1 amide bonds. The minimum atomic E-state index is -0.531. The van der Waals surface area contributed by atoms with Crippen molar-refractivity contribution in [2.45, 2.75) is 52.6 Å². The lowest BCUT2D eigenvalue weighted by Crippen LogP contribution is -2.16. The Labute approximate surface area is 177 Å². The maximum absolute atomic E-state index is 12.3. The van der Waals surface area contributed by atoms with Crippen LogP contribution in [0.3, 0.4) is 0 Å². The topological polar surface area (TPSA) is 103 Å². The molecule has 0 radical (unpaired) electrons. The fraction of sp³-hybridized carbons (Fsp3) is 0.381. The number of aryl methyl sites for hydroxylation is 1. The zero-order valence-corrected chi connectivity index (χ0v) is 17.8. The standard InChI is InChI=1S/C21H24N4O4S/c1-3-5-7-17(26)22-15-10-8-14(9-11-15)20(28)29-13-16-12-19(27)25-21(23-16)30-18(24-25)6-4-2/h8-12H,3-7,13H2,1-2H3,(H,22,26). The van der Waals surface area contributed by atoms with Crippen LogP contribution in [0.25, 0.3) is 4.96 Å². The summed E-state index contributed by atoms with van der Waals surface area (Å²) in [6.45, 7) is 3.96. The number of anilines is 1. The van der Waals surface area contributed by atoms with Gasteiger partial charge in [0.1, 0.15) is 11.6 Å². The largest absolute Gasteiger partial charge is 0.456 e. The average molecular weight is 429 g/mol. The molecule has 0 fully saturated rings. The number of benzene rings is 1.